The minimum atomic E-state index is -0.101. The van der Waals surface area contributed by atoms with Gasteiger partial charge in [-0.1, -0.05) is 41.2 Å². The maximum Gasteiger partial charge on any atom is 0.260 e. The van der Waals surface area contributed by atoms with Gasteiger partial charge in [0.1, 0.15) is 11.3 Å². The summed E-state index contributed by atoms with van der Waals surface area (Å²) in [4.78, 5) is 24.3. The Morgan fingerprint density at radius 2 is 1.97 bits per heavy atom. The van der Waals surface area contributed by atoms with Gasteiger partial charge in [-0.2, -0.15) is 0 Å². The monoisotopic (exact) mass is 403 g/mol. The number of aromatic nitrogens is 2. The quantitative estimate of drug-likeness (QED) is 0.441. The molecular weight excluding hydrogens is 382 g/mol. The molecule has 146 valence electrons. The van der Waals surface area contributed by atoms with Crippen LogP contribution < -0.4 is 9.64 Å². The summed E-state index contributed by atoms with van der Waals surface area (Å²) in [5, 5.41) is 0.629. The molecule has 0 N–H and O–H groups in total. The molecule has 1 amide bonds. The summed E-state index contributed by atoms with van der Waals surface area (Å²) in [6, 6.07) is 19.1. The molecule has 4 aromatic rings. The van der Waals surface area contributed by atoms with Crippen molar-refractivity contribution in [2.45, 2.75) is 20.4 Å². The number of rotatable bonds is 6. The molecule has 4 rings (SSSR count). The number of nitrogens with zero attached hydrogens (tertiary/aromatic N) is 3. The first-order valence-corrected chi connectivity index (χ1v) is 10.3. The van der Waals surface area contributed by atoms with Crippen LogP contribution in [0.3, 0.4) is 0 Å². The van der Waals surface area contributed by atoms with E-state index in [0.29, 0.717) is 23.8 Å². The minimum absolute atomic E-state index is 0.101. The fourth-order valence-corrected chi connectivity index (χ4v) is 4.09. The number of para-hydroxylation sites is 1. The highest BCUT2D eigenvalue weighted by atomic mass is 32.1. The zero-order chi connectivity index (χ0) is 20.2. The molecule has 0 radical (unpaired) electrons. The summed E-state index contributed by atoms with van der Waals surface area (Å²) in [7, 11) is 0. The second-order valence-corrected chi connectivity index (χ2v) is 7.62. The first kappa shape index (κ1) is 19.1. The topological polar surface area (TPSA) is 55.3 Å². The summed E-state index contributed by atoms with van der Waals surface area (Å²) < 4.78 is 6.70. The summed E-state index contributed by atoms with van der Waals surface area (Å²) in [6.45, 7) is 4.83. The third-order valence-electron chi connectivity index (χ3n) is 4.46. The number of benzene rings is 2. The van der Waals surface area contributed by atoms with Gasteiger partial charge in [0.15, 0.2) is 5.13 Å². The molecule has 0 atom stereocenters. The number of pyridine rings is 1. The van der Waals surface area contributed by atoms with E-state index in [4.69, 9.17) is 9.72 Å². The molecule has 0 saturated heterocycles. The molecule has 0 spiro atoms. The summed E-state index contributed by atoms with van der Waals surface area (Å²) in [5.41, 5.74) is 3.25. The van der Waals surface area contributed by atoms with Gasteiger partial charge in [-0.05, 0) is 50.2 Å². The normalized spacial score (nSPS) is 10.8. The summed E-state index contributed by atoms with van der Waals surface area (Å²) >= 11 is 1.48. The number of carbonyl (C=O) groups excluding carboxylic acids is 1. The third kappa shape index (κ3) is 4.12. The number of aryl methyl sites for hydroxylation is 1. The standard InChI is InChI=1S/C23H21N3O2S/c1-3-28-19-11-7-12-20-21(19)25-23(29-20)26(15-18-10-4-5-13-24-18)22(27)17-9-6-8-16(2)14-17/h4-14H,3,15H2,1-2H3. The lowest BCUT2D eigenvalue weighted by Crippen LogP contribution is -2.30. The Bertz CT molecular complexity index is 1140. The SMILES string of the molecule is CCOc1cccc2sc(N(Cc3ccccn3)C(=O)c3cccc(C)c3)nc12. The van der Waals surface area contributed by atoms with Crippen molar-refractivity contribution in [2.75, 3.05) is 11.5 Å². The van der Waals surface area contributed by atoms with E-state index in [1.807, 2.05) is 74.5 Å². The average molecular weight is 404 g/mol. The lowest BCUT2D eigenvalue weighted by atomic mass is 10.1. The van der Waals surface area contributed by atoms with Crippen LogP contribution >= 0.6 is 11.3 Å². The first-order chi connectivity index (χ1) is 14.2. The molecule has 0 saturated carbocycles. The van der Waals surface area contributed by atoms with E-state index in [-0.39, 0.29) is 5.91 Å². The van der Waals surface area contributed by atoms with Crippen LogP contribution in [0.2, 0.25) is 0 Å². The molecule has 0 aliphatic heterocycles. The fourth-order valence-electron chi connectivity index (χ4n) is 3.11. The lowest BCUT2D eigenvalue weighted by molar-refractivity contribution is 0.0984. The second kappa shape index (κ2) is 8.41. The van der Waals surface area contributed by atoms with E-state index in [2.05, 4.69) is 4.98 Å². The number of ether oxygens (including phenoxy) is 1. The van der Waals surface area contributed by atoms with E-state index in [9.17, 15) is 4.79 Å². The third-order valence-corrected chi connectivity index (χ3v) is 5.50. The number of amides is 1. The molecule has 0 fully saturated rings. The Hall–Kier alpha value is -3.25. The largest absolute Gasteiger partial charge is 0.492 e. The Balaban J connectivity index is 1.78. The van der Waals surface area contributed by atoms with Crippen LogP contribution in [0.5, 0.6) is 5.75 Å². The fraction of sp³-hybridized carbons (Fsp3) is 0.174. The van der Waals surface area contributed by atoms with Crippen LogP contribution in [0, 0.1) is 6.92 Å². The van der Waals surface area contributed by atoms with Gasteiger partial charge in [-0.15, -0.1) is 0 Å². The van der Waals surface area contributed by atoms with E-state index < -0.39 is 0 Å². The molecule has 2 heterocycles. The van der Waals surface area contributed by atoms with Gasteiger partial charge < -0.3 is 4.74 Å². The number of thiazole rings is 1. The number of hydrogen-bond acceptors (Lipinski definition) is 5. The molecule has 2 aromatic heterocycles. The van der Waals surface area contributed by atoms with Crippen LogP contribution in [0.15, 0.2) is 66.9 Å². The predicted octanol–water partition coefficient (Wildman–Crippen LogP) is 5.25. The zero-order valence-electron chi connectivity index (χ0n) is 16.3. The second-order valence-electron chi connectivity index (χ2n) is 6.61. The molecule has 29 heavy (non-hydrogen) atoms. The predicted molar refractivity (Wildman–Crippen MR) is 117 cm³/mol. The Morgan fingerprint density at radius 3 is 2.72 bits per heavy atom. The zero-order valence-corrected chi connectivity index (χ0v) is 17.1. The van der Waals surface area contributed by atoms with Crippen molar-refractivity contribution in [3.05, 3.63) is 83.7 Å². The summed E-state index contributed by atoms with van der Waals surface area (Å²) in [6.07, 6.45) is 1.73. The average Bonchev–Trinajstić information content (AvgIpc) is 3.17. The van der Waals surface area contributed by atoms with Crippen molar-refractivity contribution in [2.24, 2.45) is 0 Å². The molecule has 0 bridgehead atoms. The van der Waals surface area contributed by atoms with Crippen LogP contribution in [0.4, 0.5) is 5.13 Å². The maximum atomic E-state index is 13.4. The Kier molecular flexibility index (Phi) is 5.53. The van der Waals surface area contributed by atoms with E-state index in [1.165, 1.54) is 11.3 Å². The molecule has 2 aromatic carbocycles. The van der Waals surface area contributed by atoms with E-state index >= 15 is 0 Å². The minimum Gasteiger partial charge on any atom is -0.492 e. The smallest absolute Gasteiger partial charge is 0.260 e. The number of anilines is 1. The maximum absolute atomic E-state index is 13.4. The van der Waals surface area contributed by atoms with Crippen molar-refractivity contribution in [3.63, 3.8) is 0 Å². The highest BCUT2D eigenvalue weighted by Crippen LogP contribution is 2.35. The molecular formula is C23H21N3O2S. The van der Waals surface area contributed by atoms with Gasteiger partial charge in [0.05, 0.1) is 23.5 Å². The van der Waals surface area contributed by atoms with Gasteiger partial charge in [-0.25, -0.2) is 4.98 Å². The lowest BCUT2D eigenvalue weighted by Gasteiger charge is -2.20. The van der Waals surface area contributed by atoms with Gasteiger partial charge in [0.2, 0.25) is 0 Å². The number of fused-ring (bicyclic) bond motifs is 1. The number of carbonyl (C=O) groups is 1. The highest BCUT2D eigenvalue weighted by molar-refractivity contribution is 7.22. The van der Waals surface area contributed by atoms with Gasteiger partial charge >= 0.3 is 0 Å². The Labute approximate surface area is 173 Å². The first-order valence-electron chi connectivity index (χ1n) is 9.46. The van der Waals surface area contributed by atoms with Gasteiger partial charge in [0.25, 0.3) is 5.91 Å². The van der Waals surface area contributed by atoms with E-state index in [0.717, 1.165) is 27.2 Å². The molecule has 0 aliphatic rings. The molecule has 0 unspecified atom stereocenters. The molecule has 6 heteroatoms. The van der Waals surface area contributed by atoms with E-state index in [1.54, 1.807) is 11.1 Å². The van der Waals surface area contributed by atoms with Crippen molar-refractivity contribution in [1.29, 1.82) is 0 Å². The molecule has 5 nitrogen and oxygen atoms in total. The van der Waals surface area contributed by atoms with Gasteiger partial charge in [-0.3, -0.25) is 14.7 Å². The summed E-state index contributed by atoms with van der Waals surface area (Å²) in [5.74, 6) is 0.629. The molecule has 0 aliphatic carbocycles. The van der Waals surface area contributed by atoms with Crippen molar-refractivity contribution in [1.82, 2.24) is 9.97 Å². The van der Waals surface area contributed by atoms with Crippen LogP contribution in [-0.4, -0.2) is 22.5 Å². The van der Waals surface area contributed by atoms with Crippen molar-refractivity contribution >= 4 is 32.6 Å². The van der Waals surface area contributed by atoms with Crippen molar-refractivity contribution < 1.29 is 9.53 Å². The van der Waals surface area contributed by atoms with Crippen LogP contribution in [-0.2, 0) is 6.54 Å². The number of hydrogen-bond donors (Lipinski definition) is 0. The van der Waals surface area contributed by atoms with Crippen molar-refractivity contribution in [3.8, 4) is 5.75 Å². The Morgan fingerprint density at radius 1 is 1.10 bits per heavy atom. The van der Waals surface area contributed by atoms with Crippen LogP contribution in [0.1, 0.15) is 28.5 Å². The van der Waals surface area contributed by atoms with Crippen LogP contribution in [0.25, 0.3) is 10.2 Å². The highest BCUT2D eigenvalue weighted by Gasteiger charge is 2.23. The van der Waals surface area contributed by atoms with Gasteiger partial charge in [0, 0.05) is 11.8 Å².